The molecule has 0 saturated heterocycles. The number of nitrogens with one attached hydrogen (secondary N) is 2. The van der Waals surface area contributed by atoms with E-state index >= 15 is 0 Å². The molecule has 0 heterocycles. The van der Waals surface area contributed by atoms with Crippen LogP contribution in [0.3, 0.4) is 0 Å². The number of nitrogens with zero attached hydrogens (tertiary/aromatic N) is 1. The fourth-order valence-electron chi connectivity index (χ4n) is 3.68. The third kappa shape index (κ3) is 7.38. The maximum atomic E-state index is 10.7. The fraction of sp³-hybridized carbons (Fsp3) is 0.619. The molecule has 0 bridgehead atoms. The van der Waals surface area contributed by atoms with Crippen molar-refractivity contribution < 1.29 is 14.3 Å². The van der Waals surface area contributed by atoms with Crippen molar-refractivity contribution in [2.24, 2.45) is 16.1 Å². The van der Waals surface area contributed by atoms with Gasteiger partial charge in [-0.05, 0) is 48.8 Å². The van der Waals surface area contributed by atoms with Gasteiger partial charge in [0.25, 0.3) is 5.91 Å². The van der Waals surface area contributed by atoms with Crippen molar-refractivity contribution in [2.45, 2.75) is 38.5 Å². The Hall–Kier alpha value is -2.28. The first-order valence-electron chi connectivity index (χ1n) is 10.0. The first-order chi connectivity index (χ1) is 13.6. The Balaban J connectivity index is 1.73. The number of carbonyl (C=O) groups is 1. The van der Waals surface area contributed by atoms with E-state index in [2.05, 4.69) is 15.6 Å². The van der Waals surface area contributed by atoms with Gasteiger partial charge in [-0.2, -0.15) is 0 Å². The summed E-state index contributed by atoms with van der Waals surface area (Å²) in [6.07, 6.45) is 7.07. The molecule has 1 fully saturated rings. The lowest BCUT2D eigenvalue weighted by atomic mass is 9.83. The lowest BCUT2D eigenvalue weighted by Crippen LogP contribution is -2.43. The molecule has 7 heteroatoms. The zero-order valence-corrected chi connectivity index (χ0v) is 17.1. The topological polar surface area (TPSA) is 98.0 Å². The van der Waals surface area contributed by atoms with Gasteiger partial charge in [0.15, 0.2) is 12.6 Å². The fourth-order valence-corrected chi connectivity index (χ4v) is 3.68. The monoisotopic (exact) mass is 390 g/mol. The minimum Gasteiger partial charge on any atom is -0.484 e. The summed E-state index contributed by atoms with van der Waals surface area (Å²) in [5, 5.41) is 6.89. The Morgan fingerprint density at radius 1 is 1.21 bits per heavy atom. The molecule has 1 aromatic rings. The molecule has 0 aromatic heterocycles. The van der Waals surface area contributed by atoms with E-state index in [4.69, 9.17) is 15.2 Å². The van der Waals surface area contributed by atoms with Crippen LogP contribution >= 0.6 is 0 Å². The lowest BCUT2D eigenvalue weighted by molar-refractivity contribution is -0.119. The normalized spacial score (nSPS) is 16.0. The van der Waals surface area contributed by atoms with E-state index in [-0.39, 0.29) is 6.61 Å². The second-order valence-electron chi connectivity index (χ2n) is 7.45. The maximum Gasteiger partial charge on any atom is 0.255 e. The summed E-state index contributed by atoms with van der Waals surface area (Å²) in [5.74, 6) is 1.00. The smallest absolute Gasteiger partial charge is 0.255 e. The molecule has 2 rings (SSSR count). The number of ether oxygens (including phenoxy) is 2. The van der Waals surface area contributed by atoms with Crippen molar-refractivity contribution in [2.75, 3.05) is 40.5 Å². The van der Waals surface area contributed by atoms with E-state index in [1.165, 1.54) is 31.2 Å². The number of hydrogen-bond acceptors (Lipinski definition) is 4. The van der Waals surface area contributed by atoms with Crippen molar-refractivity contribution in [1.29, 1.82) is 0 Å². The minimum absolute atomic E-state index is 0.102. The molecule has 0 atom stereocenters. The van der Waals surface area contributed by atoms with E-state index in [0.717, 1.165) is 38.5 Å². The number of rotatable bonds is 11. The van der Waals surface area contributed by atoms with Crippen LogP contribution in [-0.4, -0.2) is 52.3 Å². The third-order valence-corrected chi connectivity index (χ3v) is 5.37. The van der Waals surface area contributed by atoms with Gasteiger partial charge in [-0.1, -0.05) is 25.0 Å². The average Bonchev–Trinajstić information content (AvgIpc) is 3.17. The van der Waals surface area contributed by atoms with Crippen molar-refractivity contribution in [3.63, 3.8) is 0 Å². The number of nitrogens with two attached hydrogens (primary N) is 1. The number of amides is 1. The summed E-state index contributed by atoms with van der Waals surface area (Å²) in [6, 6.07) is 7.69. The number of aliphatic imine (C=N–C) groups is 1. The zero-order valence-electron chi connectivity index (χ0n) is 17.1. The molecular weight excluding hydrogens is 356 g/mol. The number of carbonyl (C=O) groups excluding carboxylic acids is 1. The summed E-state index contributed by atoms with van der Waals surface area (Å²) >= 11 is 0. The van der Waals surface area contributed by atoms with Crippen LogP contribution in [0.2, 0.25) is 0 Å². The van der Waals surface area contributed by atoms with E-state index in [9.17, 15) is 4.79 Å². The number of primary amides is 1. The Morgan fingerprint density at radius 2 is 1.93 bits per heavy atom. The van der Waals surface area contributed by atoms with Crippen LogP contribution in [0.25, 0.3) is 0 Å². The van der Waals surface area contributed by atoms with Crippen LogP contribution in [0, 0.1) is 5.41 Å². The van der Waals surface area contributed by atoms with Crippen LogP contribution in [0.15, 0.2) is 29.3 Å². The maximum absolute atomic E-state index is 10.7. The Bertz CT molecular complexity index is 625. The van der Waals surface area contributed by atoms with Crippen LogP contribution < -0.4 is 21.1 Å². The Kier molecular flexibility index (Phi) is 9.07. The molecule has 0 spiro atoms. The first kappa shape index (κ1) is 22.0. The highest BCUT2D eigenvalue weighted by Crippen LogP contribution is 2.40. The van der Waals surface area contributed by atoms with Crippen LogP contribution in [-0.2, 0) is 16.0 Å². The highest BCUT2D eigenvalue weighted by molar-refractivity contribution is 5.79. The second kappa shape index (κ2) is 11.5. The van der Waals surface area contributed by atoms with Crippen LogP contribution in [0.1, 0.15) is 37.7 Å². The summed E-state index contributed by atoms with van der Waals surface area (Å²) in [5.41, 5.74) is 6.59. The molecule has 0 aliphatic heterocycles. The molecule has 1 amide bonds. The minimum atomic E-state index is -0.478. The van der Waals surface area contributed by atoms with Gasteiger partial charge in [-0.15, -0.1) is 0 Å². The largest absolute Gasteiger partial charge is 0.484 e. The molecule has 1 aliphatic rings. The van der Waals surface area contributed by atoms with Gasteiger partial charge in [0.05, 0.1) is 0 Å². The molecule has 28 heavy (non-hydrogen) atoms. The van der Waals surface area contributed by atoms with Crippen molar-refractivity contribution in [3.8, 4) is 5.75 Å². The molecule has 1 aliphatic carbocycles. The Labute approximate surface area is 168 Å². The van der Waals surface area contributed by atoms with E-state index in [0.29, 0.717) is 11.2 Å². The Morgan fingerprint density at radius 3 is 2.54 bits per heavy atom. The van der Waals surface area contributed by atoms with Crippen molar-refractivity contribution >= 4 is 11.9 Å². The average molecular weight is 391 g/mol. The van der Waals surface area contributed by atoms with Crippen LogP contribution in [0.4, 0.5) is 0 Å². The van der Waals surface area contributed by atoms with Crippen molar-refractivity contribution in [3.05, 3.63) is 29.8 Å². The molecule has 0 radical (unpaired) electrons. The highest BCUT2D eigenvalue weighted by atomic mass is 16.5. The van der Waals surface area contributed by atoms with Gasteiger partial charge < -0.3 is 25.8 Å². The summed E-state index contributed by atoms with van der Waals surface area (Å²) in [4.78, 5) is 15.1. The van der Waals surface area contributed by atoms with E-state index < -0.39 is 5.91 Å². The molecule has 0 unspecified atom stereocenters. The predicted molar refractivity (Wildman–Crippen MR) is 112 cm³/mol. The summed E-state index contributed by atoms with van der Waals surface area (Å²) in [7, 11) is 3.57. The first-order valence-corrected chi connectivity index (χ1v) is 10.0. The quantitative estimate of drug-likeness (QED) is 0.396. The molecule has 4 N–H and O–H groups in total. The van der Waals surface area contributed by atoms with Gasteiger partial charge in [0, 0.05) is 33.9 Å². The lowest BCUT2D eigenvalue weighted by Gasteiger charge is -2.30. The number of hydrogen-bond donors (Lipinski definition) is 3. The summed E-state index contributed by atoms with van der Waals surface area (Å²) in [6.45, 7) is 2.43. The van der Waals surface area contributed by atoms with Gasteiger partial charge in [-0.3, -0.25) is 9.79 Å². The van der Waals surface area contributed by atoms with Gasteiger partial charge in [-0.25, -0.2) is 0 Å². The highest BCUT2D eigenvalue weighted by Gasteiger charge is 2.33. The number of methoxy groups -OCH3 is 1. The zero-order chi connectivity index (χ0) is 20.2. The van der Waals surface area contributed by atoms with Gasteiger partial charge in [0.1, 0.15) is 5.75 Å². The molecule has 1 aromatic carbocycles. The van der Waals surface area contributed by atoms with Gasteiger partial charge >= 0.3 is 0 Å². The molecule has 156 valence electrons. The number of guanidine groups is 1. The standard InChI is InChI=1S/C21H34N4O3/c1-23-20(25-16-21(12-14-27-2)10-3-4-11-21)24-13-9-17-5-7-18(8-6-17)28-15-19(22)26/h5-8H,3-4,9-16H2,1-2H3,(H2,22,26)(H2,23,24,25). The molecular formula is C21H34N4O3. The number of benzene rings is 1. The van der Waals surface area contributed by atoms with Gasteiger partial charge in [0.2, 0.25) is 0 Å². The molecule has 1 saturated carbocycles. The van der Waals surface area contributed by atoms with E-state index in [1.807, 2.05) is 24.3 Å². The molecule has 7 nitrogen and oxygen atoms in total. The van der Waals surface area contributed by atoms with Crippen molar-refractivity contribution in [1.82, 2.24) is 10.6 Å². The predicted octanol–water partition coefficient (Wildman–Crippen LogP) is 1.86. The SMILES string of the molecule is CN=C(NCCc1ccc(OCC(N)=O)cc1)NCC1(CCOC)CCCC1. The summed E-state index contributed by atoms with van der Waals surface area (Å²) < 4.78 is 10.6. The third-order valence-electron chi connectivity index (χ3n) is 5.37. The second-order valence-corrected chi connectivity index (χ2v) is 7.45. The van der Waals surface area contributed by atoms with E-state index in [1.54, 1.807) is 14.2 Å². The van der Waals surface area contributed by atoms with Crippen LogP contribution in [0.5, 0.6) is 5.75 Å².